The number of phenols is 1. The van der Waals surface area contributed by atoms with Gasteiger partial charge in [-0.15, -0.1) is 5.10 Å². The second kappa shape index (κ2) is 7.99. The molecule has 0 saturated heterocycles. The fourth-order valence-electron chi connectivity index (χ4n) is 2.18. The highest BCUT2D eigenvalue weighted by Gasteiger charge is 2.09. The summed E-state index contributed by atoms with van der Waals surface area (Å²) >= 11 is 11.8. The summed E-state index contributed by atoms with van der Waals surface area (Å²) in [6.07, 6.45) is 2.88. The summed E-state index contributed by atoms with van der Waals surface area (Å²) in [5, 5.41) is 22.2. The summed E-state index contributed by atoms with van der Waals surface area (Å²) in [5.74, 6) is 0.724. The van der Waals surface area contributed by atoms with Gasteiger partial charge in [0.1, 0.15) is 11.5 Å². The van der Waals surface area contributed by atoms with Crippen LogP contribution in [-0.2, 0) is 0 Å². The van der Waals surface area contributed by atoms with Crippen LogP contribution in [0.3, 0.4) is 0 Å². The number of benzene rings is 2. The van der Waals surface area contributed by atoms with E-state index in [1.165, 1.54) is 24.5 Å². The summed E-state index contributed by atoms with van der Waals surface area (Å²) in [7, 11) is 1.58. The van der Waals surface area contributed by atoms with Crippen molar-refractivity contribution in [1.29, 1.82) is 0 Å². The van der Waals surface area contributed by atoms with E-state index in [2.05, 4.69) is 25.7 Å². The van der Waals surface area contributed by atoms with E-state index in [1.54, 1.807) is 7.11 Å². The number of anilines is 1. The number of aromatic nitrogens is 3. The van der Waals surface area contributed by atoms with E-state index in [4.69, 9.17) is 27.9 Å². The highest BCUT2D eigenvalue weighted by molar-refractivity contribution is 6.36. The van der Waals surface area contributed by atoms with Crippen LogP contribution in [0.25, 0.3) is 11.3 Å². The molecular weight excluding hydrogens is 377 g/mol. The first kappa shape index (κ1) is 17.9. The molecule has 0 amide bonds. The van der Waals surface area contributed by atoms with Crippen LogP contribution in [-0.4, -0.2) is 33.6 Å². The quantitative estimate of drug-likeness (QED) is 0.505. The van der Waals surface area contributed by atoms with Gasteiger partial charge in [0.25, 0.3) is 5.95 Å². The summed E-state index contributed by atoms with van der Waals surface area (Å²) in [6, 6.07) is 10.4. The average Bonchev–Trinajstić information content (AvgIpc) is 2.65. The summed E-state index contributed by atoms with van der Waals surface area (Å²) in [4.78, 5) is 4.35. The van der Waals surface area contributed by atoms with Gasteiger partial charge >= 0.3 is 0 Å². The Morgan fingerprint density at radius 1 is 1.23 bits per heavy atom. The van der Waals surface area contributed by atoms with Gasteiger partial charge in [-0.25, -0.2) is 10.4 Å². The van der Waals surface area contributed by atoms with Crippen molar-refractivity contribution in [3.8, 4) is 22.8 Å². The molecule has 0 saturated carbocycles. The predicted octanol–water partition coefficient (Wildman–Crippen LogP) is 4.01. The SMILES string of the molecule is COc1ccccc1-c1cnnc(NN=Cc2cc(Cl)cc(Cl)c2O)n1. The number of nitrogens with zero attached hydrogens (tertiary/aromatic N) is 4. The van der Waals surface area contributed by atoms with Gasteiger partial charge in [-0.1, -0.05) is 35.3 Å². The van der Waals surface area contributed by atoms with Crippen molar-refractivity contribution in [3.05, 3.63) is 58.2 Å². The maximum absolute atomic E-state index is 9.90. The largest absolute Gasteiger partial charge is 0.506 e. The molecule has 0 radical (unpaired) electrons. The monoisotopic (exact) mass is 389 g/mol. The van der Waals surface area contributed by atoms with E-state index in [0.29, 0.717) is 22.0 Å². The van der Waals surface area contributed by atoms with Crippen LogP contribution in [0.1, 0.15) is 5.56 Å². The van der Waals surface area contributed by atoms with E-state index in [-0.39, 0.29) is 16.7 Å². The van der Waals surface area contributed by atoms with E-state index in [0.717, 1.165) is 5.56 Å². The van der Waals surface area contributed by atoms with Crippen molar-refractivity contribution in [2.24, 2.45) is 5.10 Å². The number of hydrazone groups is 1. The van der Waals surface area contributed by atoms with Gasteiger partial charge in [-0.3, -0.25) is 0 Å². The molecule has 0 atom stereocenters. The number of ether oxygens (including phenoxy) is 1. The molecule has 1 aromatic heterocycles. The zero-order valence-electron chi connectivity index (χ0n) is 13.5. The first-order valence-electron chi connectivity index (χ1n) is 7.38. The highest BCUT2D eigenvalue weighted by Crippen LogP contribution is 2.30. The minimum atomic E-state index is -0.122. The van der Waals surface area contributed by atoms with Crippen LogP contribution in [0, 0.1) is 0 Å². The molecule has 0 bridgehead atoms. The Morgan fingerprint density at radius 2 is 2.04 bits per heavy atom. The smallest absolute Gasteiger partial charge is 0.263 e. The first-order valence-corrected chi connectivity index (χ1v) is 8.14. The fraction of sp³-hybridized carbons (Fsp3) is 0.0588. The Kier molecular flexibility index (Phi) is 5.50. The molecular formula is C17H13Cl2N5O2. The lowest BCUT2D eigenvalue weighted by Crippen LogP contribution is -2.00. The number of rotatable bonds is 5. The van der Waals surface area contributed by atoms with Crippen LogP contribution in [0.15, 0.2) is 47.7 Å². The molecule has 0 spiro atoms. The number of halogens is 2. The molecule has 0 unspecified atom stereocenters. The Hall–Kier alpha value is -2.90. The van der Waals surface area contributed by atoms with Gasteiger partial charge < -0.3 is 9.84 Å². The van der Waals surface area contributed by atoms with E-state index in [9.17, 15) is 5.11 Å². The van der Waals surface area contributed by atoms with E-state index in [1.807, 2.05) is 24.3 Å². The number of hydrogen-bond acceptors (Lipinski definition) is 7. The molecule has 2 N–H and O–H groups in total. The molecule has 26 heavy (non-hydrogen) atoms. The topological polar surface area (TPSA) is 92.5 Å². The van der Waals surface area contributed by atoms with E-state index < -0.39 is 0 Å². The summed E-state index contributed by atoms with van der Waals surface area (Å²) in [6.45, 7) is 0. The molecule has 3 rings (SSSR count). The third-order valence-electron chi connectivity index (χ3n) is 3.37. The van der Waals surface area contributed by atoms with Crippen LogP contribution >= 0.6 is 23.2 Å². The third kappa shape index (κ3) is 4.01. The molecule has 0 aliphatic rings. The minimum Gasteiger partial charge on any atom is -0.506 e. The Balaban J connectivity index is 1.82. The molecule has 132 valence electrons. The van der Waals surface area contributed by atoms with Crippen molar-refractivity contribution in [1.82, 2.24) is 15.2 Å². The molecule has 0 aliphatic carbocycles. The second-order valence-electron chi connectivity index (χ2n) is 5.06. The predicted molar refractivity (Wildman–Crippen MR) is 101 cm³/mol. The number of phenolic OH excluding ortho intramolecular Hbond substituents is 1. The number of para-hydroxylation sites is 1. The van der Waals surface area contributed by atoms with Crippen molar-refractivity contribution in [2.75, 3.05) is 12.5 Å². The van der Waals surface area contributed by atoms with Crippen LogP contribution in [0.4, 0.5) is 5.95 Å². The second-order valence-corrected chi connectivity index (χ2v) is 5.90. The molecule has 3 aromatic rings. The van der Waals surface area contributed by atoms with Crippen LogP contribution in [0.5, 0.6) is 11.5 Å². The molecule has 1 heterocycles. The number of methoxy groups -OCH3 is 1. The molecule has 0 aliphatic heterocycles. The normalized spacial score (nSPS) is 10.9. The lowest BCUT2D eigenvalue weighted by molar-refractivity contribution is 0.416. The number of nitrogens with one attached hydrogen (secondary N) is 1. The van der Waals surface area contributed by atoms with Crippen molar-refractivity contribution >= 4 is 35.4 Å². The lowest BCUT2D eigenvalue weighted by Gasteiger charge is -2.07. The Bertz CT molecular complexity index is 966. The average molecular weight is 390 g/mol. The molecule has 7 nitrogen and oxygen atoms in total. The molecule has 0 fully saturated rings. The maximum Gasteiger partial charge on any atom is 0.263 e. The van der Waals surface area contributed by atoms with Gasteiger partial charge in [0, 0.05) is 16.1 Å². The Morgan fingerprint density at radius 3 is 2.85 bits per heavy atom. The molecule has 2 aromatic carbocycles. The zero-order chi connectivity index (χ0) is 18.5. The van der Waals surface area contributed by atoms with Gasteiger partial charge in [0.05, 0.1) is 30.2 Å². The zero-order valence-corrected chi connectivity index (χ0v) is 15.0. The van der Waals surface area contributed by atoms with E-state index >= 15 is 0 Å². The van der Waals surface area contributed by atoms with Crippen LogP contribution in [0.2, 0.25) is 10.0 Å². The number of hydrogen-bond donors (Lipinski definition) is 2. The van der Waals surface area contributed by atoms with Gasteiger partial charge in [0.2, 0.25) is 0 Å². The maximum atomic E-state index is 9.90. The van der Waals surface area contributed by atoms with Gasteiger partial charge in [-0.05, 0) is 24.3 Å². The molecule has 9 heteroatoms. The third-order valence-corrected chi connectivity index (χ3v) is 3.87. The Labute approximate surface area is 159 Å². The summed E-state index contributed by atoms with van der Waals surface area (Å²) < 4.78 is 5.32. The van der Waals surface area contributed by atoms with Crippen LogP contribution < -0.4 is 10.2 Å². The number of aromatic hydroxyl groups is 1. The van der Waals surface area contributed by atoms with Crippen molar-refractivity contribution in [3.63, 3.8) is 0 Å². The summed E-state index contributed by atoms with van der Waals surface area (Å²) in [5.41, 5.74) is 4.35. The fourth-order valence-corrected chi connectivity index (χ4v) is 2.69. The van der Waals surface area contributed by atoms with Gasteiger partial charge in [-0.2, -0.15) is 10.2 Å². The van der Waals surface area contributed by atoms with Crippen molar-refractivity contribution < 1.29 is 9.84 Å². The minimum absolute atomic E-state index is 0.122. The first-order chi connectivity index (χ1) is 12.6. The highest BCUT2D eigenvalue weighted by atomic mass is 35.5. The standard InChI is InChI=1S/C17H13Cl2N5O2/c1-26-15-5-3-2-4-12(15)14-9-21-24-17(22-14)23-20-8-10-6-11(18)7-13(19)16(10)25/h2-9,25H,1H3,(H,22,23,24). The van der Waals surface area contributed by atoms with Gasteiger partial charge in [0.15, 0.2) is 0 Å². The lowest BCUT2D eigenvalue weighted by atomic mass is 10.1. The van der Waals surface area contributed by atoms with Crippen molar-refractivity contribution in [2.45, 2.75) is 0 Å².